The molecule has 2 aliphatic rings. The number of piperidine rings is 1. The van der Waals surface area contributed by atoms with E-state index in [9.17, 15) is 9.18 Å². The third kappa shape index (κ3) is 3.26. The van der Waals surface area contributed by atoms with Gasteiger partial charge in [0.2, 0.25) is 5.91 Å². The molecule has 2 N–H and O–H groups in total. The maximum Gasteiger partial charge on any atom is 0.223 e. The van der Waals surface area contributed by atoms with E-state index in [0.717, 1.165) is 37.8 Å². The fourth-order valence-electron chi connectivity index (χ4n) is 3.29. The van der Waals surface area contributed by atoms with E-state index in [2.05, 4.69) is 17.6 Å². The van der Waals surface area contributed by atoms with Crippen molar-refractivity contribution in [3.05, 3.63) is 35.6 Å². The highest BCUT2D eigenvalue weighted by Crippen LogP contribution is 2.47. The predicted octanol–water partition coefficient (Wildman–Crippen LogP) is 2.36. The molecule has 1 aromatic rings. The highest BCUT2D eigenvalue weighted by Gasteiger charge is 2.44. The van der Waals surface area contributed by atoms with Crippen molar-refractivity contribution in [2.75, 3.05) is 13.1 Å². The quantitative estimate of drug-likeness (QED) is 0.894. The van der Waals surface area contributed by atoms with Crippen molar-refractivity contribution in [2.45, 2.75) is 44.1 Å². The van der Waals surface area contributed by atoms with E-state index in [4.69, 9.17) is 0 Å². The predicted molar refractivity (Wildman–Crippen MR) is 80.5 cm³/mol. The molecule has 1 heterocycles. The summed E-state index contributed by atoms with van der Waals surface area (Å²) in [6.45, 7) is 3.72. The van der Waals surface area contributed by atoms with Crippen LogP contribution < -0.4 is 10.6 Å². The first-order valence-electron chi connectivity index (χ1n) is 7.86. The van der Waals surface area contributed by atoms with Crippen molar-refractivity contribution in [2.24, 2.45) is 5.92 Å². The molecule has 1 aliphatic heterocycles. The van der Waals surface area contributed by atoms with Gasteiger partial charge in [0.25, 0.3) is 0 Å². The van der Waals surface area contributed by atoms with Crippen molar-refractivity contribution in [1.82, 2.24) is 10.6 Å². The number of amides is 1. The number of carbonyl (C=O) groups is 1. The van der Waals surface area contributed by atoms with E-state index in [1.807, 2.05) is 12.1 Å². The van der Waals surface area contributed by atoms with E-state index in [-0.39, 0.29) is 23.1 Å². The number of hydrogen-bond donors (Lipinski definition) is 2. The van der Waals surface area contributed by atoms with Crippen LogP contribution in [0.2, 0.25) is 0 Å². The van der Waals surface area contributed by atoms with Gasteiger partial charge < -0.3 is 10.6 Å². The molecule has 3 rings (SSSR count). The van der Waals surface area contributed by atoms with E-state index >= 15 is 0 Å². The molecule has 2 fully saturated rings. The second kappa shape index (κ2) is 5.76. The lowest BCUT2D eigenvalue weighted by Gasteiger charge is -2.28. The Morgan fingerprint density at radius 1 is 1.38 bits per heavy atom. The third-order valence-electron chi connectivity index (χ3n) is 4.91. The van der Waals surface area contributed by atoms with Crippen molar-refractivity contribution >= 4 is 5.91 Å². The average molecular weight is 290 g/mol. The Hall–Kier alpha value is -1.42. The molecule has 2 atom stereocenters. The summed E-state index contributed by atoms with van der Waals surface area (Å²) in [6, 6.07) is 7.13. The lowest BCUT2D eigenvalue weighted by Crippen LogP contribution is -2.44. The molecule has 1 saturated carbocycles. The monoisotopic (exact) mass is 290 g/mol. The van der Waals surface area contributed by atoms with Crippen LogP contribution in [0.4, 0.5) is 4.39 Å². The molecule has 1 aliphatic carbocycles. The summed E-state index contributed by atoms with van der Waals surface area (Å²) in [6.07, 6.45) is 3.97. The third-order valence-corrected chi connectivity index (χ3v) is 4.91. The summed E-state index contributed by atoms with van der Waals surface area (Å²) >= 11 is 0. The summed E-state index contributed by atoms with van der Waals surface area (Å²) in [5.41, 5.74) is 1.19. The molecule has 21 heavy (non-hydrogen) atoms. The molecule has 3 nitrogen and oxygen atoms in total. The van der Waals surface area contributed by atoms with Crippen LogP contribution in [0.15, 0.2) is 24.3 Å². The van der Waals surface area contributed by atoms with Crippen LogP contribution in [0.5, 0.6) is 0 Å². The van der Waals surface area contributed by atoms with Crippen LogP contribution >= 0.6 is 0 Å². The largest absolute Gasteiger partial charge is 0.355 e. The van der Waals surface area contributed by atoms with Crippen LogP contribution in [-0.4, -0.2) is 25.0 Å². The minimum absolute atomic E-state index is 0.0435. The van der Waals surface area contributed by atoms with Gasteiger partial charge in [0, 0.05) is 23.9 Å². The van der Waals surface area contributed by atoms with Crippen LogP contribution in [-0.2, 0) is 10.2 Å². The van der Waals surface area contributed by atoms with Gasteiger partial charge in [0.15, 0.2) is 0 Å². The first-order valence-corrected chi connectivity index (χ1v) is 7.86. The number of halogens is 1. The van der Waals surface area contributed by atoms with Crippen molar-refractivity contribution < 1.29 is 9.18 Å². The maximum absolute atomic E-state index is 13.0. The lowest BCUT2D eigenvalue weighted by molar-refractivity contribution is -0.126. The summed E-state index contributed by atoms with van der Waals surface area (Å²) in [5, 5.41) is 6.50. The molecule has 0 radical (unpaired) electrons. The lowest BCUT2D eigenvalue weighted by atomic mass is 9.91. The minimum atomic E-state index is -0.206. The molecular formula is C17H23FN2O. The van der Waals surface area contributed by atoms with Gasteiger partial charge in [0.05, 0.1) is 0 Å². The van der Waals surface area contributed by atoms with Crippen molar-refractivity contribution in [3.8, 4) is 0 Å². The fraction of sp³-hybridized carbons (Fsp3) is 0.588. The van der Waals surface area contributed by atoms with Gasteiger partial charge in [0.1, 0.15) is 5.82 Å². The number of benzene rings is 1. The maximum atomic E-state index is 13.0. The normalized spacial score (nSPS) is 27.1. The number of rotatable bonds is 4. The number of hydrogen-bond acceptors (Lipinski definition) is 2. The second-order valence-corrected chi connectivity index (χ2v) is 6.58. The van der Waals surface area contributed by atoms with Gasteiger partial charge in [-0.15, -0.1) is 0 Å². The van der Waals surface area contributed by atoms with Gasteiger partial charge in [-0.1, -0.05) is 12.1 Å². The fourth-order valence-corrected chi connectivity index (χ4v) is 3.29. The Balaban J connectivity index is 1.57. The Morgan fingerprint density at radius 2 is 2.10 bits per heavy atom. The molecule has 0 spiro atoms. The summed E-state index contributed by atoms with van der Waals surface area (Å²) in [4.78, 5) is 12.3. The molecule has 114 valence electrons. The first-order chi connectivity index (χ1) is 10.1. The van der Waals surface area contributed by atoms with Crippen molar-refractivity contribution in [3.63, 3.8) is 0 Å². The van der Waals surface area contributed by atoms with Crippen LogP contribution in [0.1, 0.15) is 38.2 Å². The average Bonchev–Trinajstić information content (AvgIpc) is 3.27. The molecule has 4 heteroatoms. The van der Waals surface area contributed by atoms with Gasteiger partial charge in [-0.05, 0) is 56.8 Å². The Kier molecular flexibility index (Phi) is 3.98. The summed E-state index contributed by atoms with van der Waals surface area (Å²) < 4.78 is 13.0. The molecule has 1 amide bonds. The Labute approximate surface area is 125 Å². The molecular weight excluding hydrogens is 267 g/mol. The van der Waals surface area contributed by atoms with Crippen LogP contribution in [0.25, 0.3) is 0 Å². The zero-order chi connectivity index (χ0) is 14.9. The van der Waals surface area contributed by atoms with Gasteiger partial charge in [-0.2, -0.15) is 0 Å². The van der Waals surface area contributed by atoms with E-state index < -0.39 is 0 Å². The molecule has 0 bridgehead atoms. The van der Waals surface area contributed by atoms with E-state index in [0.29, 0.717) is 12.6 Å². The topological polar surface area (TPSA) is 41.1 Å². The molecule has 1 aromatic carbocycles. The highest BCUT2D eigenvalue weighted by atomic mass is 19.1. The van der Waals surface area contributed by atoms with Crippen LogP contribution in [0, 0.1) is 11.7 Å². The standard InChI is InChI=1S/C17H23FN2O/c1-12-10-13(6-9-19-12)16(21)20-11-17(7-8-17)14-2-4-15(18)5-3-14/h2-5,12-13,19H,6-11H2,1H3,(H,20,21)/t12-,13-/m0/s1. The van der Waals surface area contributed by atoms with Crippen molar-refractivity contribution in [1.29, 1.82) is 0 Å². The second-order valence-electron chi connectivity index (χ2n) is 6.58. The zero-order valence-electron chi connectivity index (χ0n) is 12.5. The van der Waals surface area contributed by atoms with E-state index in [1.165, 1.54) is 12.1 Å². The van der Waals surface area contributed by atoms with Gasteiger partial charge in [-0.3, -0.25) is 4.79 Å². The SMILES string of the molecule is C[C@H]1C[C@@H](C(=O)NCC2(c3ccc(F)cc3)CC2)CCN1. The molecule has 0 aromatic heterocycles. The first kappa shape index (κ1) is 14.5. The minimum Gasteiger partial charge on any atom is -0.355 e. The zero-order valence-corrected chi connectivity index (χ0v) is 12.5. The van der Waals surface area contributed by atoms with Crippen LogP contribution in [0.3, 0.4) is 0 Å². The highest BCUT2D eigenvalue weighted by molar-refractivity contribution is 5.79. The van der Waals surface area contributed by atoms with Gasteiger partial charge >= 0.3 is 0 Å². The molecule has 1 saturated heterocycles. The number of nitrogens with one attached hydrogen (secondary N) is 2. The van der Waals surface area contributed by atoms with Gasteiger partial charge in [-0.25, -0.2) is 4.39 Å². The number of carbonyl (C=O) groups excluding carboxylic acids is 1. The molecule has 0 unspecified atom stereocenters. The smallest absolute Gasteiger partial charge is 0.223 e. The Bertz CT molecular complexity index is 510. The summed E-state index contributed by atoms with van der Waals surface area (Å²) in [5.74, 6) is 0.101. The Morgan fingerprint density at radius 3 is 2.71 bits per heavy atom. The van der Waals surface area contributed by atoms with E-state index in [1.54, 1.807) is 0 Å². The summed E-state index contributed by atoms with van der Waals surface area (Å²) in [7, 11) is 0.